The van der Waals surface area contributed by atoms with E-state index < -0.39 is 46.9 Å². The van der Waals surface area contributed by atoms with E-state index in [0.29, 0.717) is 16.4 Å². The molecular weight excluding hydrogens is 473 g/mol. The number of benzene rings is 2. The fourth-order valence-electron chi connectivity index (χ4n) is 3.22. The van der Waals surface area contributed by atoms with Gasteiger partial charge in [-0.1, -0.05) is 23.7 Å². The fourth-order valence-corrected chi connectivity index (χ4v) is 3.34. The molecule has 0 radical (unpaired) electrons. The van der Waals surface area contributed by atoms with Crippen LogP contribution in [0.1, 0.15) is 28.7 Å². The van der Waals surface area contributed by atoms with Crippen molar-refractivity contribution in [2.24, 2.45) is 0 Å². The summed E-state index contributed by atoms with van der Waals surface area (Å²) < 4.78 is 40.9. The van der Waals surface area contributed by atoms with Gasteiger partial charge in [-0.2, -0.15) is 18.3 Å². The molecule has 0 atom stereocenters. The molecule has 0 aliphatic heterocycles. The zero-order valence-electron chi connectivity index (χ0n) is 18.2. The van der Waals surface area contributed by atoms with Gasteiger partial charge >= 0.3 is 6.18 Å². The van der Waals surface area contributed by atoms with Crippen molar-refractivity contribution in [1.82, 2.24) is 14.7 Å². The third-order valence-electron chi connectivity index (χ3n) is 4.89. The zero-order valence-corrected chi connectivity index (χ0v) is 18.9. The predicted octanol–water partition coefficient (Wildman–Crippen LogP) is 4.31. The summed E-state index contributed by atoms with van der Waals surface area (Å²) in [6, 6.07) is 12.3. The Morgan fingerprint density at radius 3 is 2.38 bits per heavy atom. The monoisotopic (exact) mass is 492 g/mol. The highest BCUT2D eigenvalue weighted by atomic mass is 35.5. The van der Waals surface area contributed by atoms with Gasteiger partial charge in [-0.05, 0) is 50.2 Å². The molecule has 0 bridgehead atoms. The number of hydrogen-bond donors (Lipinski definition) is 1. The second kappa shape index (κ2) is 10.1. The average Bonchev–Trinajstić information content (AvgIpc) is 2.77. The third-order valence-corrected chi connectivity index (χ3v) is 5.14. The smallest absolute Gasteiger partial charge is 0.328 e. The van der Waals surface area contributed by atoms with Crippen molar-refractivity contribution < 1.29 is 22.8 Å². The summed E-state index contributed by atoms with van der Waals surface area (Å²) in [5, 5.41) is 6.85. The van der Waals surface area contributed by atoms with Crippen molar-refractivity contribution in [3.05, 3.63) is 86.8 Å². The summed E-state index contributed by atoms with van der Waals surface area (Å²) in [5.74, 6) is -1.67. The molecule has 3 aromatic rings. The third kappa shape index (κ3) is 5.63. The summed E-state index contributed by atoms with van der Waals surface area (Å²) in [5.41, 5.74) is -1.49. The van der Waals surface area contributed by atoms with Crippen molar-refractivity contribution in [1.29, 1.82) is 0 Å². The molecule has 0 spiro atoms. The molecule has 0 unspecified atom stereocenters. The van der Waals surface area contributed by atoms with Crippen molar-refractivity contribution in [3.8, 4) is 5.69 Å². The van der Waals surface area contributed by atoms with Crippen LogP contribution >= 0.6 is 11.6 Å². The van der Waals surface area contributed by atoms with E-state index in [1.807, 2.05) is 0 Å². The molecule has 3 rings (SSSR count). The van der Waals surface area contributed by atoms with Gasteiger partial charge in [0, 0.05) is 23.3 Å². The van der Waals surface area contributed by atoms with Crippen molar-refractivity contribution in [2.45, 2.75) is 20.0 Å². The lowest BCUT2D eigenvalue weighted by atomic mass is 10.1. The number of carbonyl (C=O) groups is 2. The lowest BCUT2D eigenvalue weighted by molar-refractivity contribution is -0.137. The first-order chi connectivity index (χ1) is 16.0. The predicted molar refractivity (Wildman–Crippen MR) is 121 cm³/mol. The largest absolute Gasteiger partial charge is 0.418 e. The van der Waals surface area contributed by atoms with Gasteiger partial charge in [-0.25, -0.2) is 4.68 Å². The number of rotatable bonds is 6. The average molecular weight is 493 g/mol. The minimum absolute atomic E-state index is 0.0170. The van der Waals surface area contributed by atoms with Crippen LogP contribution in [0.3, 0.4) is 0 Å². The summed E-state index contributed by atoms with van der Waals surface area (Å²) in [7, 11) is 0. The Morgan fingerprint density at radius 1 is 1.12 bits per heavy atom. The van der Waals surface area contributed by atoms with Crippen LogP contribution < -0.4 is 10.7 Å². The number of amides is 2. The molecule has 2 aromatic carbocycles. The second-order valence-corrected chi connectivity index (χ2v) is 7.73. The van der Waals surface area contributed by atoms with Crippen LogP contribution in [0.5, 0.6) is 0 Å². The van der Waals surface area contributed by atoms with Gasteiger partial charge in [-0.15, -0.1) is 0 Å². The fraction of sp³-hybridized carbons (Fsp3) is 0.217. The van der Waals surface area contributed by atoms with Crippen molar-refractivity contribution >= 4 is 29.1 Å². The minimum Gasteiger partial charge on any atom is -0.328 e. The van der Waals surface area contributed by atoms with Crippen LogP contribution in [-0.4, -0.2) is 39.6 Å². The standard InChI is InChI=1S/C23H20ClF3N4O3/c1-3-30(13-20(33)28-18-7-5-4-6-17(18)23(25,26)27)22(34)21-19(32)12-14(2)31(29-21)16-10-8-15(24)9-11-16/h4-12H,3,13H2,1-2H3,(H,28,33). The Morgan fingerprint density at radius 2 is 1.76 bits per heavy atom. The van der Waals surface area contributed by atoms with Crippen LogP contribution in [-0.2, 0) is 11.0 Å². The number of carbonyl (C=O) groups excluding carboxylic acids is 2. The van der Waals surface area contributed by atoms with Crippen LogP contribution in [0.2, 0.25) is 5.02 Å². The Labute approximate surface area is 197 Å². The van der Waals surface area contributed by atoms with Gasteiger partial charge in [-0.3, -0.25) is 14.4 Å². The molecule has 0 aliphatic rings. The van der Waals surface area contributed by atoms with E-state index >= 15 is 0 Å². The van der Waals surface area contributed by atoms with Crippen LogP contribution in [0.25, 0.3) is 5.69 Å². The van der Waals surface area contributed by atoms with Crippen molar-refractivity contribution in [2.75, 3.05) is 18.4 Å². The normalized spacial score (nSPS) is 11.2. The number of halogens is 4. The molecule has 11 heteroatoms. The molecule has 1 N–H and O–H groups in total. The Bertz CT molecular complexity index is 1270. The van der Waals surface area contributed by atoms with Gasteiger partial charge in [0.15, 0.2) is 5.69 Å². The maximum atomic E-state index is 13.2. The van der Waals surface area contributed by atoms with E-state index in [-0.39, 0.29) is 6.54 Å². The number of para-hydroxylation sites is 1. The number of nitrogens with zero attached hydrogens (tertiary/aromatic N) is 3. The topological polar surface area (TPSA) is 84.3 Å². The highest BCUT2D eigenvalue weighted by Gasteiger charge is 2.33. The molecule has 178 valence electrons. The van der Waals surface area contributed by atoms with Gasteiger partial charge in [0.2, 0.25) is 11.3 Å². The SMILES string of the molecule is CCN(CC(=O)Nc1ccccc1C(F)(F)F)C(=O)c1nn(-c2ccc(Cl)cc2)c(C)cc1=O. The molecule has 1 aromatic heterocycles. The second-order valence-electron chi connectivity index (χ2n) is 7.30. The molecule has 7 nitrogen and oxygen atoms in total. The Hall–Kier alpha value is -3.66. The van der Waals surface area contributed by atoms with Gasteiger partial charge in [0.1, 0.15) is 6.54 Å². The molecule has 34 heavy (non-hydrogen) atoms. The van der Waals surface area contributed by atoms with Gasteiger partial charge in [0.25, 0.3) is 5.91 Å². The van der Waals surface area contributed by atoms with E-state index in [4.69, 9.17) is 11.6 Å². The molecule has 1 heterocycles. The first-order valence-electron chi connectivity index (χ1n) is 10.1. The van der Waals surface area contributed by atoms with E-state index in [1.165, 1.54) is 22.9 Å². The molecule has 2 amide bonds. The number of alkyl halides is 3. The zero-order chi connectivity index (χ0) is 25.0. The Balaban J connectivity index is 1.85. The van der Waals surface area contributed by atoms with Gasteiger partial charge < -0.3 is 10.2 Å². The molecule has 0 aliphatic carbocycles. The van der Waals surface area contributed by atoms with Gasteiger partial charge in [0.05, 0.1) is 16.9 Å². The first kappa shape index (κ1) is 25.0. The van der Waals surface area contributed by atoms with E-state index in [2.05, 4.69) is 10.4 Å². The summed E-state index contributed by atoms with van der Waals surface area (Å²) in [6.07, 6.45) is -4.66. The maximum Gasteiger partial charge on any atom is 0.418 e. The van der Waals surface area contributed by atoms with E-state index in [1.54, 1.807) is 38.1 Å². The number of aryl methyl sites for hydroxylation is 1. The highest BCUT2D eigenvalue weighted by Crippen LogP contribution is 2.34. The number of anilines is 1. The summed E-state index contributed by atoms with van der Waals surface area (Å²) >= 11 is 5.91. The van der Waals surface area contributed by atoms with E-state index in [0.717, 1.165) is 17.0 Å². The quantitative estimate of drug-likeness (QED) is 0.555. The number of hydrogen-bond acceptors (Lipinski definition) is 4. The van der Waals surface area contributed by atoms with Crippen LogP contribution in [0.15, 0.2) is 59.4 Å². The van der Waals surface area contributed by atoms with Crippen LogP contribution in [0.4, 0.5) is 18.9 Å². The lowest BCUT2D eigenvalue weighted by Gasteiger charge is -2.21. The number of aromatic nitrogens is 2. The summed E-state index contributed by atoms with van der Waals surface area (Å²) in [6.45, 7) is 2.65. The molecule has 0 saturated carbocycles. The first-order valence-corrected chi connectivity index (χ1v) is 10.5. The molecule has 0 saturated heterocycles. The maximum absolute atomic E-state index is 13.2. The minimum atomic E-state index is -4.66. The van der Waals surface area contributed by atoms with Crippen molar-refractivity contribution in [3.63, 3.8) is 0 Å². The molecular formula is C23H20ClF3N4O3. The Kier molecular flexibility index (Phi) is 7.41. The van der Waals surface area contributed by atoms with E-state index in [9.17, 15) is 27.6 Å². The molecule has 0 fully saturated rings. The summed E-state index contributed by atoms with van der Waals surface area (Å²) in [4.78, 5) is 39.0. The highest BCUT2D eigenvalue weighted by molar-refractivity contribution is 6.30. The number of nitrogens with one attached hydrogen (secondary N) is 1. The lowest BCUT2D eigenvalue weighted by Crippen LogP contribution is -2.41. The van der Waals surface area contributed by atoms with Crippen LogP contribution in [0, 0.1) is 6.92 Å². The number of likely N-dealkylation sites (N-methyl/N-ethyl adjacent to an activating group) is 1.